The van der Waals surface area contributed by atoms with Crippen molar-refractivity contribution in [3.63, 3.8) is 0 Å². The molecule has 0 aliphatic carbocycles. The first-order valence-corrected chi connectivity index (χ1v) is 5.15. The number of aliphatic imine (C=N–C) groups is 1. The molecular weight excluding hydrogens is 224 g/mol. The summed E-state index contributed by atoms with van der Waals surface area (Å²) in [4.78, 5) is 14.4. The van der Waals surface area contributed by atoms with Gasteiger partial charge in [-0.2, -0.15) is 0 Å². The number of rotatable bonds is 2. The summed E-state index contributed by atoms with van der Waals surface area (Å²) < 4.78 is 0. The van der Waals surface area contributed by atoms with Gasteiger partial charge in [0.25, 0.3) is 0 Å². The van der Waals surface area contributed by atoms with Crippen LogP contribution in [0.3, 0.4) is 0 Å². The SMILES string of the molecule is CN(C)C=Nc1ncnc2cc(Cl)ccc12. The summed E-state index contributed by atoms with van der Waals surface area (Å²) >= 11 is 5.89. The minimum atomic E-state index is 0.648. The van der Waals surface area contributed by atoms with E-state index in [1.54, 1.807) is 12.4 Å². The summed E-state index contributed by atoms with van der Waals surface area (Å²) in [6.45, 7) is 0. The van der Waals surface area contributed by atoms with E-state index < -0.39 is 0 Å². The van der Waals surface area contributed by atoms with E-state index in [9.17, 15) is 0 Å². The van der Waals surface area contributed by atoms with Crippen LogP contribution >= 0.6 is 11.6 Å². The predicted octanol–water partition coefficient (Wildman–Crippen LogP) is 2.50. The Morgan fingerprint density at radius 1 is 1.31 bits per heavy atom. The Balaban J connectivity index is 2.54. The van der Waals surface area contributed by atoms with Gasteiger partial charge in [-0.15, -0.1) is 0 Å². The number of nitrogens with zero attached hydrogens (tertiary/aromatic N) is 4. The summed E-state index contributed by atoms with van der Waals surface area (Å²) in [5.41, 5.74) is 0.799. The van der Waals surface area contributed by atoms with Gasteiger partial charge in [0, 0.05) is 24.5 Å². The largest absolute Gasteiger partial charge is 0.369 e. The van der Waals surface area contributed by atoms with E-state index >= 15 is 0 Å². The highest BCUT2D eigenvalue weighted by atomic mass is 35.5. The molecule has 0 bridgehead atoms. The zero-order chi connectivity index (χ0) is 11.5. The first-order chi connectivity index (χ1) is 7.66. The first-order valence-electron chi connectivity index (χ1n) is 4.78. The van der Waals surface area contributed by atoms with Crippen LogP contribution < -0.4 is 0 Å². The average Bonchev–Trinajstić information content (AvgIpc) is 2.25. The molecule has 0 atom stereocenters. The monoisotopic (exact) mass is 234 g/mol. The Hall–Kier alpha value is -1.68. The van der Waals surface area contributed by atoms with Crippen LogP contribution in [0.2, 0.25) is 5.02 Å². The molecule has 4 nitrogen and oxygen atoms in total. The van der Waals surface area contributed by atoms with E-state index in [4.69, 9.17) is 11.6 Å². The lowest BCUT2D eigenvalue weighted by Gasteiger charge is -2.03. The molecule has 1 aromatic heterocycles. The highest BCUT2D eigenvalue weighted by molar-refractivity contribution is 6.31. The number of hydrogen-bond donors (Lipinski definition) is 0. The smallest absolute Gasteiger partial charge is 0.164 e. The van der Waals surface area contributed by atoms with Crippen LogP contribution in [-0.4, -0.2) is 35.3 Å². The third-order valence-electron chi connectivity index (χ3n) is 1.99. The summed E-state index contributed by atoms with van der Waals surface area (Å²) in [7, 11) is 3.81. The highest BCUT2D eigenvalue weighted by Gasteiger charge is 2.02. The van der Waals surface area contributed by atoms with E-state index in [2.05, 4.69) is 15.0 Å². The van der Waals surface area contributed by atoms with Crippen LogP contribution in [0.1, 0.15) is 0 Å². The van der Waals surface area contributed by atoms with Gasteiger partial charge in [-0.25, -0.2) is 15.0 Å². The van der Waals surface area contributed by atoms with Crippen LogP contribution in [0.25, 0.3) is 10.9 Å². The molecule has 16 heavy (non-hydrogen) atoms. The molecular formula is C11H11ClN4. The van der Waals surface area contributed by atoms with Gasteiger partial charge in [-0.3, -0.25) is 0 Å². The van der Waals surface area contributed by atoms with Crippen LogP contribution in [0, 0.1) is 0 Å². The molecule has 0 N–H and O–H groups in total. The Morgan fingerprint density at radius 2 is 2.12 bits per heavy atom. The fraction of sp³-hybridized carbons (Fsp3) is 0.182. The highest BCUT2D eigenvalue weighted by Crippen LogP contribution is 2.23. The average molecular weight is 235 g/mol. The molecule has 82 valence electrons. The van der Waals surface area contributed by atoms with Crippen LogP contribution in [-0.2, 0) is 0 Å². The minimum absolute atomic E-state index is 0.648. The van der Waals surface area contributed by atoms with Crippen molar-refractivity contribution < 1.29 is 0 Å². The van der Waals surface area contributed by atoms with Gasteiger partial charge in [0.1, 0.15) is 6.33 Å². The molecule has 1 heterocycles. The van der Waals surface area contributed by atoms with Gasteiger partial charge in [0.05, 0.1) is 11.9 Å². The Morgan fingerprint density at radius 3 is 2.88 bits per heavy atom. The molecule has 0 aliphatic rings. The van der Waals surface area contributed by atoms with Crippen molar-refractivity contribution in [3.8, 4) is 0 Å². The molecule has 0 amide bonds. The molecule has 2 rings (SSSR count). The molecule has 0 unspecified atom stereocenters. The molecule has 0 fully saturated rings. The molecule has 5 heteroatoms. The quantitative estimate of drug-likeness (QED) is 0.592. The molecule has 0 saturated heterocycles. The zero-order valence-corrected chi connectivity index (χ0v) is 9.81. The van der Waals surface area contributed by atoms with Crippen LogP contribution in [0.15, 0.2) is 29.5 Å². The fourth-order valence-corrected chi connectivity index (χ4v) is 1.46. The molecule has 1 aromatic carbocycles. The third kappa shape index (κ3) is 2.28. The maximum Gasteiger partial charge on any atom is 0.164 e. The number of aromatic nitrogens is 2. The Labute approximate surface area is 98.6 Å². The Kier molecular flexibility index (Phi) is 3.01. The van der Waals surface area contributed by atoms with Gasteiger partial charge < -0.3 is 4.90 Å². The fourth-order valence-electron chi connectivity index (χ4n) is 1.29. The maximum absolute atomic E-state index is 5.89. The molecule has 2 aromatic rings. The van der Waals surface area contributed by atoms with Gasteiger partial charge in [0.15, 0.2) is 5.82 Å². The second kappa shape index (κ2) is 4.45. The van der Waals surface area contributed by atoms with E-state index in [0.29, 0.717) is 10.8 Å². The van der Waals surface area contributed by atoms with Crippen molar-refractivity contribution in [1.82, 2.24) is 14.9 Å². The molecule has 0 radical (unpaired) electrons. The number of hydrogen-bond acceptors (Lipinski definition) is 3. The van der Waals surface area contributed by atoms with Crippen molar-refractivity contribution in [2.75, 3.05) is 14.1 Å². The lowest BCUT2D eigenvalue weighted by molar-refractivity contribution is 0.643. The van der Waals surface area contributed by atoms with Gasteiger partial charge in [-0.1, -0.05) is 11.6 Å². The Bertz CT molecular complexity index is 536. The van der Waals surface area contributed by atoms with E-state index in [1.165, 1.54) is 6.33 Å². The van der Waals surface area contributed by atoms with Crippen molar-refractivity contribution in [3.05, 3.63) is 29.5 Å². The van der Waals surface area contributed by atoms with Crippen molar-refractivity contribution in [1.29, 1.82) is 0 Å². The second-order valence-electron chi connectivity index (χ2n) is 3.57. The lowest BCUT2D eigenvalue weighted by atomic mass is 10.2. The first kappa shape index (κ1) is 10.8. The number of fused-ring (bicyclic) bond motifs is 1. The van der Waals surface area contributed by atoms with Crippen LogP contribution in [0.4, 0.5) is 5.82 Å². The summed E-state index contributed by atoms with van der Waals surface area (Å²) in [6, 6.07) is 5.48. The topological polar surface area (TPSA) is 41.4 Å². The molecule has 0 saturated carbocycles. The van der Waals surface area contributed by atoms with Crippen LogP contribution in [0.5, 0.6) is 0 Å². The van der Waals surface area contributed by atoms with Crippen molar-refractivity contribution >= 4 is 34.7 Å². The zero-order valence-electron chi connectivity index (χ0n) is 9.05. The number of halogens is 1. The number of benzene rings is 1. The molecule has 0 aliphatic heterocycles. The summed E-state index contributed by atoms with van der Waals surface area (Å²) in [5.74, 6) is 0.648. The van der Waals surface area contributed by atoms with Gasteiger partial charge in [-0.05, 0) is 18.2 Å². The maximum atomic E-state index is 5.89. The summed E-state index contributed by atoms with van der Waals surface area (Å²) in [6.07, 6.45) is 3.19. The van der Waals surface area contributed by atoms with Gasteiger partial charge in [0.2, 0.25) is 0 Å². The van der Waals surface area contributed by atoms with Crippen molar-refractivity contribution in [2.45, 2.75) is 0 Å². The lowest BCUT2D eigenvalue weighted by Crippen LogP contribution is -2.07. The molecule has 0 spiro atoms. The van der Waals surface area contributed by atoms with E-state index in [0.717, 1.165) is 10.9 Å². The predicted molar refractivity (Wildman–Crippen MR) is 66.4 cm³/mol. The second-order valence-corrected chi connectivity index (χ2v) is 4.00. The minimum Gasteiger partial charge on any atom is -0.369 e. The normalized spacial score (nSPS) is 11.2. The standard InChI is InChI=1S/C11H11ClN4/c1-16(2)7-15-11-9-4-3-8(12)5-10(9)13-6-14-11/h3-7H,1-2H3. The van der Waals surface area contributed by atoms with Crippen molar-refractivity contribution in [2.24, 2.45) is 4.99 Å². The summed E-state index contributed by atoms with van der Waals surface area (Å²) in [5, 5.41) is 1.55. The van der Waals surface area contributed by atoms with E-state index in [1.807, 2.05) is 31.1 Å². The van der Waals surface area contributed by atoms with E-state index in [-0.39, 0.29) is 0 Å². The third-order valence-corrected chi connectivity index (χ3v) is 2.22. The van der Waals surface area contributed by atoms with Gasteiger partial charge >= 0.3 is 0 Å².